The van der Waals surface area contributed by atoms with Crippen LogP contribution in [0.5, 0.6) is 0 Å². The van der Waals surface area contributed by atoms with Crippen LogP contribution in [-0.4, -0.2) is 100 Å². The molecule has 0 aliphatic carbocycles. The van der Waals surface area contributed by atoms with Crippen LogP contribution in [0.15, 0.2) is 12.2 Å². The van der Waals surface area contributed by atoms with E-state index < -0.39 is 29.9 Å². The first kappa shape index (κ1) is 23.8. The van der Waals surface area contributed by atoms with Crippen LogP contribution in [0.25, 0.3) is 0 Å². The van der Waals surface area contributed by atoms with Crippen LogP contribution < -0.4 is 4.72 Å². The van der Waals surface area contributed by atoms with Crippen LogP contribution in [0.4, 0.5) is 0 Å². The molecule has 0 spiro atoms. The zero-order chi connectivity index (χ0) is 20.6. The minimum Gasteiger partial charge on any atom is -0.388 e. The summed E-state index contributed by atoms with van der Waals surface area (Å²) in [5, 5.41) is 31.4. The molecule has 7 unspecified atom stereocenters. The fourth-order valence-electron chi connectivity index (χ4n) is 3.90. The third-order valence-electron chi connectivity index (χ3n) is 5.71. The fourth-order valence-corrected chi connectivity index (χ4v) is 6.11. The van der Waals surface area contributed by atoms with Gasteiger partial charge in [0.2, 0.25) is 0 Å². The number of morpholine rings is 1. The van der Waals surface area contributed by atoms with E-state index in [0.717, 1.165) is 57.2 Å². The van der Waals surface area contributed by atoms with Gasteiger partial charge in [-0.25, -0.2) is 0 Å². The number of nitrogens with zero attached hydrogens (tertiary/aromatic N) is 1. The van der Waals surface area contributed by atoms with Crippen molar-refractivity contribution in [3.8, 4) is 0 Å². The van der Waals surface area contributed by atoms with E-state index in [9.17, 15) is 15.3 Å². The molecule has 0 aromatic carbocycles. The van der Waals surface area contributed by atoms with Crippen molar-refractivity contribution < 1.29 is 24.8 Å². The van der Waals surface area contributed by atoms with Gasteiger partial charge in [-0.1, -0.05) is 37.4 Å². The first-order valence-electron chi connectivity index (χ1n) is 10.8. The first-order chi connectivity index (χ1) is 14.1. The molecule has 3 heterocycles. The van der Waals surface area contributed by atoms with Crippen molar-refractivity contribution in [2.45, 2.75) is 62.1 Å². The van der Waals surface area contributed by atoms with Gasteiger partial charge in [-0.15, -0.1) is 11.8 Å². The van der Waals surface area contributed by atoms with Gasteiger partial charge in [0.15, 0.2) is 0 Å². The zero-order valence-electron chi connectivity index (χ0n) is 17.2. The summed E-state index contributed by atoms with van der Waals surface area (Å²) in [5.74, 6) is 2.12. The van der Waals surface area contributed by atoms with E-state index in [1.165, 1.54) is 11.8 Å². The lowest BCUT2D eigenvalue weighted by Gasteiger charge is -2.44. The molecule has 3 aliphatic heterocycles. The van der Waals surface area contributed by atoms with Gasteiger partial charge in [-0.05, 0) is 18.8 Å². The molecule has 3 aliphatic rings. The Balaban J connectivity index is 1.68. The van der Waals surface area contributed by atoms with E-state index in [1.54, 1.807) is 11.9 Å². The van der Waals surface area contributed by atoms with E-state index >= 15 is 0 Å². The van der Waals surface area contributed by atoms with E-state index in [-0.39, 0.29) is 6.04 Å². The molecular weight excluding hydrogens is 412 g/mol. The molecule has 0 aromatic rings. The SMILES string of the molecule is CCCCSNC1C/C=C/C(CN2CCOCC2)CSC2OC1C(O)C(O)C2O. The van der Waals surface area contributed by atoms with Gasteiger partial charge in [0.25, 0.3) is 0 Å². The number of unbranched alkanes of at least 4 members (excludes halogenated alkanes) is 1. The smallest absolute Gasteiger partial charge is 0.132 e. The van der Waals surface area contributed by atoms with Crippen molar-refractivity contribution in [3.63, 3.8) is 0 Å². The highest BCUT2D eigenvalue weighted by atomic mass is 32.2. The zero-order valence-corrected chi connectivity index (χ0v) is 18.8. The molecule has 2 fully saturated rings. The number of aliphatic hydroxyl groups excluding tert-OH is 3. The molecule has 7 nitrogen and oxygen atoms in total. The van der Waals surface area contributed by atoms with E-state index in [1.807, 2.05) is 0 Å². The molecule has 9 heteroatoms. The van der Waals surface area contributed by atoms with E-state index in [2.05, 4.69) is 28.7 Å². The molecule has 7 atom stereocenters. The minimum atomic E-state index is -1.20. The third-order valence-corrected chi connectivity index (χ3v) is 8.01. The summed E-state index contributed by atoms with van der Waals surface area (Å²) >= 11 is 3.17. The summed E-state index contributed by atoms with van der Waals surface area (Å²) in [5.41, 5.74) is -0.540. The van der Waals surface area contributed by atoms with Crippen molar-refractivity contribution >= 4 is 23.7 Å². The number of hydrogen-bond donors (Lipinski definition) is 4. The number of rotatable bonds is 7. The van der Waals surface area contributed by atoms with Crippen molar-refractivity contribution in [1.82, 2.24) is 9.62 Å². The van der Waals surface area contributed by atoms with Crippen molar-refractivity contribution in [2.75, 3.05) is 44.4 Å². The average molecular weight is 449 g/mol. The Hall–Kier alpha value is 0.160. The largest absolute Gasteiger partial charge is 0.388 e. The number of aliphatic hydroxyl groups is 3. The van der Waals surface area contributed by atoms with Crippen molar-refractivity contribution in [2.24, 2.45) is 5.92 Å². The Morgan fingerprint density at radius 3 is 2.72 bits per heavy atom. The van der Waals surface area contributed by atoms with Gasteiger partial charge < -0.3 is 24.8 Å². The summed E-state index contributed by atoms with van der Waals surface area (Å²) in [7, 11) is 0. The lowest BCUT2D eigenvalue weighted by atomic mass is 9.93. The average Bonchev–Trinajstić information content (AvgIpc) is 2.74. The number of ether oxygens (including phenoxy) is 2. The van der Waals surface area contributed by atoms with Gasteiger partial charge >= 0.3 is 0 Å². The second-order valence-electron chi connectivity index (χ2n) is 8.04. The van der Waals surface area contributed by atoms with Crippen LogP contribution in [0.2, 0.25) is 0 Å². The Morgan fingerprint density at radius 2 is 1.97 bits per heavy atom. The Morgan fingerprint density at radius 1 is 1.17 bits per heavy atom. The predicted molar refractivity (Wildman–Crippen MR) is 118 cm³/mol. The molecule has 4 N–H and O–H groups in total. The number of hydrogen-bond acceptors (Lipinski definition) is 9. The van der Waals surface area contributed by atoms with Gasteiger partial charge in [-0.2, -0.15) is 0 Å². The predicted octanol–water partition coefficient (Wildman–Crippen LogP) is 0.842. The van der Waals surface area contributed by atoms with Gasteiger partial charge in [0.05, 0.1) is 13.2 Å². The molecule has 2 bridgehead atoms. The van der Waals surface area contributed by atoms with E-state index in [4.69, 9.17) is 9.47 Å². The second-order valence-corrected chi connectivity index (χ2v) is 10.1. The molecule has 0 aromatic heterocycles. The van der Waals surface area contributed by atoms with Crippen LogP contribution in [-0.2, 0) is 9.47 Å². The maximum atomic E-state index is 10.5. The molecule has 0 radical (unpaired) electrons. The van der Waals surface area contributed by atoms with Gasteiger partial charge in [0, 0.05) is 37.2 Å². The highest BCUT2D eigenvalue weighted by Crippen LogP contribution is 2.33. The first-order valence-corrected chi connectivity index (χ1v) is 12.8. The van der Waals surface area contributed by atoms with Crippen LogP contribution in [0.3, 0.4) is 0 Å². The topological polar surface area (TPSA) is 94.4 Å². The van der Waals surface area contributed by atoms with Crippen molar-refractivity contribution in [1.29, 1.82) is 0 Å². The van der Waals surface area contributed by atoms with Gasteiger partial charge in [-0.3, -0.25) is 9.62 Å². The maximum Gasteiger partial charge on any atom is 0.132 e. The molecule has 3 rings (SSSR count). The quantitative estimate of drug-likeness (QED) is 0.257. The molecular formula is C20H36N2O5S2. The van der Waals surface area contributed by atoms with Crippen LogP contribution >= 0.6 is 23.7 Å². The summed E-state index contributed by atoms with van der Waals surface area (Å²) in [6, 6.07) is -0.129. The Bertz CT molecular complexity index is 509. The lowest BCUT2D eigenvalue weighted by molar-refractivity contribution is -0.203. The minimum absolute atomic E-state index is 0.129. The summed E-state index contributed by atoms with van der Waals surface area (Å²) in [6.45, 7) is 6.57. The molecule has 0 amide bonds. The molecule has 168 valence electrons. The Labute approximate surface area is 182 Å². The van der Waals surface area contributed by atoms with Gasteiger partial charge in [0.1, 0.15) is 29.9 Å². The van der Waals surface area contributed by atoms with Crippen molar-refractivity contribution in [3.05, 3.63) is 12.2 Å². The second kappa shape index (κ2) is 12.3. The standard InChI is InChI=1S/C20H36N2O5S2/c1-2-3-11-29-21-15-6-4-5-14(12-22-7-9-26-10-8-22)13-28-20-18(25)16(23)17(24)19(15)27-20/h4-5,14-21,23-25H,2-3,6-13H2,1H3/b5-4+. The van der Waals surface area contributed by atoms with Crippen LogP contribution in [0.1, 0.15) is 26.2 Å². The highest BCUT2D eigenvalue weighted by Gasteiger charge is 2.46. The Kier molecular flexibility index (Phi) is 10.1. The molecule has 2 saturated heterocycles. The monoisotopic (exact) mass is 448 g/mol. The summed E-state index contributed by atoms with van der Waals surface area (Å²) in [6.07, 6.45) is 3.46. The molecule has 0 saturated carbocycles. The van der Waals surface area contributed by atoms with Crippen LogP contribution in [0, 0.1) is 5.92 Å². The van der Waals surface area contributed by atoms with E-state index in [0.29, 0.717) is 12.3 Å². The highest BCUT2D eigenvalue weighted by molar-refractivity contribution is 7.99. The number of thioether (sulfide) groups is 1. The fraction of sp³-hybridized carbons (Fsp3) is 0.900. The lowest BCUT2D eigenvalue weighted by Crippen LogP contribution is -2.61. The summed E-state index contributed by atoms with van der Waals surface area (Å²) in [4.78, 5) is 2.42. The normalized spacial score (nSPS) is 40.5. The third kappa shape index (κ3) is 6.82. The number of fused-ring (bicyclic) bond motifs is 2. The molecule has 29 heavy (non-hydrogen) atoms. The number of nitrogens with one attached hydrogen (secondary N) is 1. The maximum absolute atomic E-state index is 10.5. The summed E-state index contributed by atoms with van der Waals surface area (Å²) < 4.78 is 15.0.